The van der Waals surface area contributed by atoms with Crippen LogP contribution in [0.3, 0.4) is 0 Å². The van der Waals surface area contributed by atoms with Crippen molar-refractivity contribution in [2.75, 3.05) is 0 Å². The normalized spacial score (nSPS) is 11.0. The van der Waals surface area contributed by atoms with Gasteiger partial charge in [-0.25, -0.2) is 23.5 Å². The monoisotopic (exact) mass is 289 g/mol. The summed E-state index contributed by atoms with van der Waals surface area (Å²) in [6.07, 6.45) is 1.35. The third-order valence-corrected chi connectivity index (χ3v) is 3.06. The van der Waals surface area contributed by atoms with Gasteiger partial charge in [-0.3, -0.25) is 0 Å². The maximum absolute atomic E-state index is 13.6. The van der Waals surface area contributed by atoms with E-state index in [-0.39, 0.29) is 28.7 Å². The molecule has 0 spiro atoms. The molecule has 1 aromatic carbocycles. The second-order valence-electron chi connectivity index (χ2n) is 4.44. The van der Waals surface area contributed by atoms with E-state index >= 15 is 0 Å². The standard InChI is InChI=1S/C14H9F2N3O2/c15-9-3-1-2-7(11(9)16)6-10-18-12-8(14(20)21)4-5-17-13(12)19-10/h1-5H,6H2,(H,20,21)(H,17,18,19). The summed E-state index contributed by atoms with van der Waals surface area (Å²) in [6, 6.07) is 5.21. The van der Waals surface area contributed by atoms with Crippen LogP contribution in [-0.4, -0.2) is 26.0 Å². The van der Waals surface area contributed by atoms with E-state index in [2.05, 4.69) is 15.0 Å². The molecule has 3 aromatic rings. The van der Waals surface area contributed by atoms with Crippen molar-refractivity contribution in [1.29, 1.82) is 0 Å². The molecule has 2 heterocycles. The average Bonchev–Trinajstić information content (AvgIpc) is 2.85. The molecule has 0 aliphatic heterocycles. The Hall–Kier alpha value is -2.83. The number of nitrogens with zero attached hydrogens (tertiary/aromatic N) is 2. The van der Waals surface area contributed by atoms with Gasteiger partial charge in [-0.05, 0) is 17.7 Å². The van der Waals surface area contributed by atoms with Gasteiger partial charge in [0.15, 0.2) is 17.3 Å². The van der Waals surface area contributed by atoms with Gasteiger partial charge in [0.25, 0.3) is 0 Å². The molecule has 0 fully saturated rings. The van der Waals surface area contributed by atoms with Crippen molar-refractivity contribution in [3.63, 3.8) is 0 Å². The van der Waals surface area contributed by atoms with Crippen molar-refractivity contribution in [3.05, 3.63) is 59.0 Å². The van der Waals surface area contributed by atoms with Gasteiger partial charge in [0.05, 0.1) is 11.1 Å². The number of hydrogen-bond acceptors (Lipinski definition) is 3. The zero-order chi connectivity index (χ0) is 15.0. The molecule has 3 rings (SSSR count). The van der Waals surface area contributed by atoms with Crippen LogP contribution in [0.15, 0.2) is 30.5 Å². The van der Waals surface area contributed by atoms with Crippen molar-refractivity contribution in [2.45, 2.75) is 6.42 Å². The number of aromatic carboxylic acids is 1. The van der Waals surface area contributed by atoms with Crippen molar-refractivity contribution < 1.29 is 18.7 Å². The van der Waals surface area contributed by atoms with Gasteiger partial charge in [0.2, 0.25) is 0 Å². The number of imidazole rings is 1. The van der Waals surface area contributed by atoms with Gasteiger partial charge in [-0.1, -0.05) is 12.1 Å². The van der Waals surface area contributed by atoms with Gasteiger partial charge >= 0.3 is 5.97 Å². The number of nitrogens with one attached hydrogen (secondary N) is 1. The topological polar surface area (TPSA) is 78.9 Å². The molecule has 2 N–H and O–H groups in total. The highest BCUT2D eigenvalue weighted by Gasteiger charge is 2.15. The molecule has 0 radical (unpaired) electrons. The highest BCUT2D eigenvalue weighted by Crippen LogP contribution is 2.18. The minimum atomic E-state index is -1.12. The fourth-order valence-electron chi connectivity index (χ4n) is 2.09. The summed E-state index contributed by atoms with van der Waals surface area (Å²) in [5, 5.41) is 9.08. The molecule has 2 aromatic heterocycles. The van der Waals surface area contributed by atoms with Gasteiger partial charge < -0.3 is 10.1 Å². The lowest BCUT2D eigenvalue weighted by Crippen LogP contribution is -1.98. The first-order valence-corrected chi connectivity index (χ1v) is 6.06. The van der Waals surface area contributed by atoms with Crippen LogP contribution in [0.25, 0.3) is 11.2 Å². The Kier molecular flexibility index (Phi) is 3.09. The van der Waals surface area contributed by atoms with E-state index in [1.807, 2.05) is 0 Å². The lowest BCUT2D eigenvalue weighted by Gasteiger charge is -2.01. The smallest absolute Gasteiger partial charge is 0.338 e. The average molecular weight is 289 g/mol. The van der Waals surface area contributed by atoms with Crippen LogP contribution in [0.2, 0.25) is 0 Å². The summed E-state index contributed by atoms with van der Waals surface area (Å²) >= 11 is 0. The van der Waals surface area contributed by atoms with Gasteiger partial charge in [-0.2, -0.15) is 0 Å². The number of carbonyl (C=O) groups is 1. The molecule has 106 valence electrons. The first-order chi connectivity index (χ1) is 10.1. The molecule has 21 heavy (non-hydrogen) atoms. The second kappa shape index (κ2) is 4.93. The lowest BCUT2D eigenvalue weighted by atomic mass is 10.1. The second-order valence-corrected chi connectivity index (χ2v) is 4.44. The Labute approximate surface area is 117 Å². The lowest BCUT2D eigenvalue weighted by molar-refractivity contribution is 0.0698. The van der Waals surface area contributed by atoms with Crippen LogP contribution >= 0.6 is 0 Å². The van der Waals surface area contributed by atoms with E-state index in [4.69, 9.17) is 5.11 Å². The first-order valence-electron chi connectivity index (χ1n) is 6.06. The Morgan fingerprint density at radius 3 is 2.86 bits per heavy atom. The Morgan fingerprint density at radius 2 is 2.10 bits per heavy atom. The van der Waals surface area contributed by atoms with E-state index < -0.39 is 17.6 Å². The number of rotatable bonds is 3. The Morgan fingerprint density at radius 1 is 1.29 bits per heavy atom. The highest BCUT2D eigenvalue weighted by atomic mass is 19.2. The fraction of sp³-hybridized carbons (Fsp3) is 0.0714. The summed E-state index contributed by atoms with van der Waals surface area (Å²) in [5.74, 6) is -2.68. The van der Waals surface area contributed by atoms with Gasteiger partial charge in [0.1, 0.15) is 5.82 Å². The SMILES string of the molecule is O=C(O)c1ccnc2nc(Cc3cccc(F)c3F)[nH]c12. The summed E-state index contributed by atoms with van der Waals surface area (Å²) < 4.78 is 26.8. The van der Waals surface area contributed by atoms with Crippen LogP contribution in [0.4, 0.5) is 8.78 Å². The number of H-pyrrole nitrogens is 1. The maximum atomic E-state index is 13.6. The number of benzene rings is 1. The number of hydrogen-bond donors (Lipinski definition) is 2. The third-order valence-electron chi connectivity index (χ3n) is 3.06. The molecule has 0 unspecified atom stereocenters. The van der Waals surface area contributed by atoms with Crippen LogP contribution in [0, 0.1) is 11.6 Å². The molecular weight excluding hydrogens is 280 g/mol. The molecule has 0 atom stereocenters. The predicted molar refractivity (Wildman–Crippen MR) is 70.0 cm³/mol. The maximum Gasteiger partial charge on any atom is 0.338 e. The van der Waals surface area contributed by atoms with Crippen LogP contribution < -0.4 is 0 Å². The third kappa shape index (κ3) is 2.33. The zero-order valence-electron chi connectivity index (χ0n) is 10.6. The minimum absolute atomic E-state index is 0.0129. The molecule has 0 amide bonds. The van der Waals surface area contributed by atoms with E-state index in [9.17, 15) is 13.6 Å². The van der Waals surface area contributed by atoms with Crippen LogP contribution in [0.1, 0.15) is 21.7 Å². The van der Waals surface area contributed by atoms with E-state index in [1.165, 1.54) is 24.4 Å². The molecular formula is C14H9F2N3O2. The summed E-state index contributed by atoms with van der Waals surface area (Å²) in [6.45, 7) is 0. The fourth-order valence-corrected chi connectivity index (χ4v) is 2.09. The first kappa shape index (κ1) is 13.2. The highest BCUT2D eigenvalue weighted by molar-refractivity contribution is 5.99. The number of carboxylic acids is 1. The van der Waals surface area contributed by atoms with Crippen LogP contribution in [0.5, 0.6) is 0 Å². The molecule has 0 saturated carbocycles. The molecule has 0 saturated heterocycles. The van der Waals surface area contributed by atoms with Crippen molar-refractivity contribution in [2.24, 2.45) is 0 Å². The summed E-state index contributed by atoms with van der Waals surface area (Å²) in [7, 11) is 0. The summed E-state index contributed by atoms with van der Waals surface area (Å²) in [4.78, 5) is 21.9. The van der Waals surface area contributed by atoms with E-state index in [1.54, 1.807) is 0 Å². The Balaban J connectivity index is 2.04. The van der Waals surface area contributed by atoms with Crippen molar-refractivity contribution in [3.8, 4) is 0 Å². The quantitative estimate of drug-likeness (QED) is 0.776. The van der Waals surface area contributed by atoms with Crippen molar-refractivity contribution >= 4 is 17.1 Å². The van der Waals surface area contributed by atoms with Gasteiger partial charge in [0, 0.05) is 12.6 Å². The van der Waals surface area contributed by atoms with Gasteiger partial charge in [-0.15, -0.1) is 0 Å². The molecule has 0 aliphatic carbocycles. The molecule has 5 nitrogen and oxygen atoms in total. The zero-order valence-corrected chi connectivity index (χ0v) is 10.6. The van der Waals surface area contributed by atoms with E-state index in [0.717, 1.165) is 6.07 Å². The Bertz CT molecular complexity index is 845. The predicted octanol–water partition coefficient (Wildman–Crippen LogP) is 2.53. The van der Waals surface area contributed by atoms with Crippen LogP contribution in [-0.2, 0) is 6.42 Å². The molecule has 0 aliphatic rings. The summed E-state index contributed by atoms with van der Waals surface area (Å²) in [5.41, 5.74) is 0.642. The number of aromatic amines is 1. The number of pyridine rings is 1. The number of fused-ring (bicyclic) bond motifs is 1. The minimum Gasteiger partial charge on any atom is -0.478 e. The number of halogens is 2. The number of carboxylic acid groups (broad SMARTS) is 1. The largest absolute Gasteiger partial charge is 0.478 e. The molecule has 0 bridgehead atoms. The van der Waals surface area contributed by atoms with Crippen molar-refractivity contribution in [1.82, 2.24) is 15.0 Å². The van der Waals surface area contributed by atoms with E-state index in [0.29, 0.717) is 5.82 Å². The number of aromatic nitrogens is 3. The molecule has 7 heteroatoms.